The summed E-state index contributed by atoms with van der Waals surface area (Å²) in [6, 6.07) is 11.8. The van der Waals surface area contributed by atoms with E-state index >= 15 is 0 Å². The van der Waals surface area contributed by atoms with Crippen LogP contribution in [0.4, 0.5) is 27.3 Å². The van der Waals surface area contributed by atoms with Crippen LogP contribution in [0.25, 0.3) is 0 Å². The Labute approximate surface area is 252 Å². The van der Waals surface area contributed by atoms with Gasteiger partial charge in [-0.05, 0) is 69.0 Å². The maximum absolute atomic E-state index is 14.7. The lowest BCUT2D eigenvalue weighted by molar-refractivity contribution is -0.110. The number of hydrogen-bond donors (Lipinski definition) is 3. The molecule has 11 heteroatoms. The highest BCUT2D eigenvalue weighted by molar-refractivity contribution is 6.08. The summed E-state index contributed by atoms with van der Waals surface area (Å²) in [5.74, 6) is -0.890. The summed E-state index contributed by atoms with van der Waals surface area (Å²) >= 11 is 0. The molecular formula is C32H42FN5O5. The molecule has 0 aliphatic heterocycles. The first kappa shape index (κ1) is 34.7. The minimum atomic E-state index is -0.529. The third-order valence-corrected chi connectivity index (χ3v) is 6.93. The quantitative estimate of drug-likeness (QED) is 0.314. The molecule has 0 bridgehead atoms. The molecule has 1 aliphatic rings. The summed E-state index contributed by atoms with van der Waals surface area (Å²) < 4.78 is 15.9. The van der Waals surface area contributed by atoms with E-state index in [1.165, 1.54) is 33.5 Å². The molecule has 3 aromatic rings. The Morgan fingerprint density at radius 2 is 1.70 bits per heavy atom. The van der Waals surface area contributed by atoms with Crippen molar-refractivity contribution in [3.05, 3.63) is 80.9 Å². The molecule has 232 valence electrons. The van der Waals surface area contributed by atoms with E-state index in [-0.39, 0.29) is 40.5 Å². The summed E-state index contributed by atoms with van der Waals surface area (Å²) in [4.78, 5) is 51.2. The second-order valence-corrected chi connectivity index (χ2v) is 10.4. The highest BCUT2D eigenvalue weighted by Crippen LogP contribution is 2.36. The summed E-state index contributed by atoms with van der Waals surface area (Å²) in [6.07, 6.45) is 3.05. The van der Waals surface area contributed by atoms with Crippen LogP contribution < -0.4 is 21.1 Å². The van der Waals surface area contributed by atoms with Crippen molar-refractivity contribution in [3.63, 3.8) is 0 Å². The van der Waals surface area contributed by atoms with Gasteiger partial charge < -0.3 is 20.6 Å². The fourth-order valence-corrected chi connectivity index (χ4v) is 4.29. The molecular weight excluding hydrogens is 553 g/mol. The van der Waals surface area contributed by atoms with Gasteiger partial charge >= 0.3 is 0 Å². The lowest BCUT2D eigenvalue weighted by Crippen LogP contribution is -2.33. The van der Waals surface area contributed by atoms with Crippen molar-refractivity contribution in [2.24, 2.45) is 7.05 Å². The predicted molar refractivity (Wildman–Crippen MR) is 168 cm³/mol. The normalized spacial score (nSPS) is 12.4. The standard InChI is InChI=1S/C25H27FN4O3.C5H9NO2.C2H6/c1-15-8-7-9-18(12-15)30(14-31)22-17(3)24(32)29(6)23(21(22)25(33)28(4)5)27-20-11-10-16(2)13-19(20)26;7-3-5(1-2-5)6-4-8;1-2/h7-14,27H,1-6H3;4,7H,1-3H2,(H,6,8);1-2H3. The number of carbonyl (C=O) groups is 3. The summed E-state index contributed by atoms with van der Waals surface area (Å²) in [7, 11) is 4.64. The lowest BCUT2D eigenvalue weighted by Gasteiger charge is -2.27. The first-order valence-corrected chi connectivity index (χ1v) is 14.0. The maximum Gasteiger partial charge on any atom is 0.259 e. The minimum Gasteiger partial charge on any atom is -0.394 e. The largest absolute Gasteiger partial charge is 0.394 e. The number of amides is 3. The molecule has 10 nitrogen and oxygen atoms in total. The number of aryl methyl sites for hydroxylation is 2. The van der Waals surface area contributed by atoms with E-state index in [1.807, 2.05) is 26.8 Å². The monoisotopic (exact) mass is 595 g/mol. The van der Waals surface area contributed by atoms with E-state index in [0.717, 1.165) is 24.0 Å². The van der Waals surface area contributed by atoms with Crippen molar-refractivity contribution >= 4 is 41.6 Å². The summed E-state index contributed by atoms with van der Waals surface area (Å²) in [5, 5.41) is 14.0. The zero-order chi connectivity index (χ0) is 32.5. The van der Waals surface area contributed by atoms with E-state index < -0.39 is 17.3 Å². The summed E-state index contributed by atoms with van der Waals surface area (Å²) in [6.45, 7) is 9.28. The first-order valence-electron chi connectivity index (χ1n) is 14.0. The lowest BCUT2D eigenvalue weighted by atomic mass is 10.1. The fourth-order valence-electron chi connectivity index (χ4n) is 4.29. The van der Waals surface area contributed by atoms with Crippen LogP contribution in [-0.2, 0) is 16.6 Å². The van der Waals surface area contributed by atoms with Crippen LogP contribution in [0.2, 0.25) is 0 Å². The number of benzene rings is 2. The van der Waals surface area contributed by atoms with Crippen LogP contribution in [0.1, 0.15) is 53.7 Å². The molecule has 3 N–H and O–H groups in total. The Bertz CT molecular complexity index is 1510. The van der Waals surface area contributed by atoms with Gasteiger partial charge in [0, 0.05) is 32.4 Å². The van der Waals surface area contributed by atoms with Crippen molar-refractivity contribution in [1.29, 1.82) is 0 Å². The SMILES string of the molecule is CC.Cc1cccc(N(C=O)c2c(C(=O)N(C)C)c(Nc3ccc(C)cc3F)n(C)c(=O)c2C)c1.O=CNC1(CO)CC1. The van der Waals surface area contributed by atoms with Gasteiger partial charge in [-0.3, -0.25) is 28.6 Å². The number of nitrogens with one attached hydrogen (secondary N) is 2. The van der Waals surface area contributed by atoms with Crippen molar-refractivity contribution < 1.29 is 23.9 Å². The topological polar surface area (TPSA) is 124 Å². The molecule has 0 saturated heterocycles. The van der Waals surface area contributed by atoms with Crippen LogP contribution in [0.5, 0.6) is 0 Å². The minimum absolute atomic E-state index is 0.0751. The number of anilines is 4. The van der Waals surface area contributed by atoms with Gasteiger partial charge in [0.2, 0.25) is 12.8 Å². The Kier molecular flexibility index (Phi) is 12.2. The molecule has 1 aromatic heterocycles. The van der Waals surface area contributed by atoms with Crippen molar-refractivity contribution in [1.82, 2.24) is 14.8 Å². The van der Waals surface area contributed by atoms with Gasteiger partial charge in [0.05, 0.1) is 23.5 Å². The van der Waals surface area contributed by atoms with Gasteiger partial charge in [0.25, 0.3) is 11.5 Å². The van der Waals surface area contributed by atoms with E-state index in [0.29, 0.717) is 18.5 Å². The van der Waals surface area contributed by atoms with Crippen molar-refractivity contribution in [2.45, 2.75) is 53.0 Å². The number of aliphatic hydroxyl groups excluding tert-OH is 1. The van der Waals surface area contributed by atoms with Crippen LogP contribution in [0, 0.1) is 26.6 Å². The van der Waals surface area contributed by atoms with E-state index in [4.69, 9.17) is 5.11 Å². The zero-order valence-electron chi connectivity index (χ0n) is 26.1. The van der Waals surface area contributed by atoms with Crippen molar-refractivity contribution in [2.75, 3.05) is 30.9 Å². The van der Waals surface area contributed by atoms with E-state index in [9.17, 15) is 23.6 Å². The maximum atomic E-state index is 14.7. The Morgan fingerprint density at radius 3 is 2.16 bits per heavy atom. The van der Waals surface area contributed by atoms with E-state index in [2.05, 4.69) is 10.6 Å². The van der Waals surface area contributed by atoms with Gasteiger partial charge in [-0.1, -0.05) is 32.0 Å². The van der Waals surface area contributed by atoms with Crippen LogP contribution in [0.3, 0.4) is 0 Å². The number of pyridine rings is 1. The van der Waals surface area contributed by atoms with Gasteiger partial charge in [-0.15, -0.1) is 0 Å². The molecule has 0 atom stereocenters. The average molecular weight is 596 g/mol. The molecule has 0 spiro atoms. The van der Waals surface area contributed by atoms with Crippen molar-refractivity contribution in [3.8, 4) is 0 Å². The molecule has 1 aliphatic carbocycles. The number of halogens is 1. The number of hydrogen-bond acceptors (Lipinski definition) is 6. The van der Waals surface area contributed by atoms with Crippen LogP contribution >= 0.6 is 0 Å². The highest BCUT2D eigenvalue weighted by Gasteiger charge is 2.41. The number of aliphatic hydroxyl groups is 1. The second-order valence-electron chi connectivity index (χ2n) is 10.4. The molecule has 1 heterocycles. The number of nitrogens with zero attached hydrogens (tertiary/aromatic N) is 3. The van der Waals surface area contributed by atoms with E-state index in [1.54, 1.807) is 52.2 Å². The Morgan fingerprint density at radius 1 is 1.07 bits per heavy atom. The highest BCUT2D eigenvalue weighted by atomic mass is 19.1. The number of aromatic nitrogens is 1. The van der Waals surface area contributed by atoms with Crippen LogP contribution in [-0.4, -0.2) is 59.5 Å². The molecule has 0 unspecified atom stereocenters. The molecule has 0 radical (unpaired) electrons. The molecule has 2 aromatic carbocycles. The Hall–Kier alpha value is -4.51. The van der Waals surface area contributed by atoms with Crippen LogP contribution in [0.15, 0.2) is 47.3 Å². The Balaban J connectivity index is 0.000000550. The molecule has 1 fully saturated rings. The smallest absolute Gasteiger partial charge is 0.259 e. The molecule has 4 rings (SSSR count). The first-order chi connectivity index (χ1) is 20.4. The van der Waals surface area contributed by atoms with Gasteiger partial charge in [0.1, 0.15) is 17.2 Å². The molecule has 43 heavy (non-hydrogen) atoms. The predicted octanol–water partition coefficient (Wildman–Crippen LogP) is 4.47. The number of rotatable bonds is 9. The van der Waals surface area contributed by atoms with Gasteiger partial charge in [0.15, 0.2) is 0 Å². The van der Waals surface area contributed by atoms with Gasteiger partial charge in [-0.25, -0.2) is 4.39 Å². The third-order valence-electron chi connectivity index (χ3n) is 6.93. The molecule has 3 amide bonds. The molecule has 1 saturated carbocycles. The average Bonchev–Trinajstić information content (AvgIpc) is 3.77. The number of carbonyl (C=O) groups excluding carboxylic acids is 3. The summed E-state index contributed by atoms with van der Waals surface area (Å²) in [5.41, 5.74) is 2.03. The van der Waals surface area contributed by atoms with Gasteiger partial charge in [-0.2, -0.15) is 0 Å². The zero-order valence-corrected chi connectivity index (χ0v) is 26.1. The third kappa shape index (κ3) is 8.07. The second kappa shape index (κ2) is 15.1. The fraction of sp³-hybridized carbons (Fsp3) is 0.375.